The lowest BCUT2D eigenvalue weighted by Gasteiger charge is -2.08. The first-order valence-electron chi connectivity index (χ1n) is 3.41. The zero-order valence-corrected chi connectivity index (χ0v) is 7.26. The van der Waals surface area contributed by atoms with E-state index in [9.17, 15) is 4.79 Å². The van der Waals surface area contributed by atoms with Gasteiger partial charge in [0.05, 0.1) is 0 Å². The molecule has 3 nitrogen and oxygen atoms in total. The highest BCUT2D eigenvalue weighted by atomic mass is 32.2. The number of ether oxygens (including phenoxy) is 1. The Morgan fingerprint density at radius 2 is 2.67 bits per heavy atom. The van der Waals surface area contributed by atoms with Crippen LogP contribution in [0.3, 0.4) is 0 Å². The number of esters is 1. The number of rotatable bonds is 3. The predicted molar refractivity (Wildman–Crippen MR) is 49.1 cm³/mol. The van der Waals surface area contributed by atoms with Gasteiger partial charge in [0.1, 0.15) is 12.3 Å². The smallest absolute Gasteiger partial charge is 0.355 e. The number of hydrogen-bond donors (Lipinski definition) is 1. The summed E-state index contributed by atoms with van der Waals surface area (Å²) in [6.45, 7) is 3.68. The molecule has 1 N–H and O–H groups in total. The molecule has 0 atom stereocenters. The van der Waals surface area contributed by atoms with Crippen molar-refractivity contribution >= 4 is 17.9 Å². The minimum atomic E-state index is -0.355. The largest absolute Gasteiger partial charge is 0.457 e. The second-order valence-corrected chi connectivity index (χ2v) is 2.73. The number of carbonyl (C=O) groups excluding carboxylic acids is 1. The molecule has 0 aliphatic carbocycles. The molecular formula is C8H9NO2S. The Kier molecular flexibility index (Phi) is 3.47. The second kappa shape index (κ2) is 4.66. The van der Waals surface area contributed by atoms with Crippen LogP contribution in [0.25, 0.3) is 0 Å². The minimum absolute atomic E-state index is 0.242. The van der Waals surface area contributed by atoms with E-state index in [-0.39, 0.29) is 12.6 Å². The average Bonchev–Trinajstić information content (AvgIpc) is 2.15. The van der Waals surface area contributed by atoms with Crippen LogP contribution in [-0.4, -0.2) is 12.6 Å². The van der Waals surface area contributed by atoms with E-state index in [0.717, 1.165) is 0 Å². The summed E-state index contributed by atoms with van der Waals surface area (Å²) in [4.78, 5) is 11.1. The Morgan fingerprint density at radius 3 is 3.25 bits per heavy atom. The molecule has 0 aromatic heterocycles. The van der Waals surface area contributed by atoms with E-state index in [2.05, 4.69) is 11.3 Å². The van der Waals surface area contributed by atoms with Gasteiger partial charge in [-0.1, -0.05) is 18.7 Å². The van der Waals surface area contributed by atoms with Crippen LogP contribution in [0.1, 0.15) is 0 Å². The number of nitrogens with one attached hydrogen (secondary N) is 1. The Labute approximate surface area is 75.3 Å². The summed E-state index contributed by atoms with van der Waals surface area (Å²) in [5, 5.41) is 1.84. The van der Waals surface area contributed by atoms with Crippen molar-refractivity contribution in [3.05, 3.63) is 35.9 Å². The maximum Gasteiger partial charge on any atom is 0.355 e. The SMILES string of the molecule is C=CCOC(=O)C1=CC=CSN1. The Bertz CT molecular complexity index is 245. The van der Waals surface area contributed by atoms with Crippen LogP contribution in [0.15, 0.2) is 35.9 Å². The lowest BCUT2D eigenvalue weighted by molar-refractivity contribution is -0.138. The highest BCUT2D eigenvalue weighted by Gasteiger charge is 2.10. The molecule has 0 bridgehead atoms. The van der Waals surface area contributed by atoms with Gasteiger partial charge >= 0.3 is 5.97 Å². The van der Waals surface area contributed by atoms with Crippen LogP contribution in [0.4, 0.5) is 0 Å². The highest BCUT2D eigenvalue weighted by molar-refractivity contribution is 8.00. The fraction of sp³-hybridized carbons (Fsp3) is 0.125. The van der Waals surface area contributed by atoms with Gasteiger partial charge in [-0.25, -0.2) is 4.79 Å². The van der Waals surface area contributed by atoms with Crippen LogP contribution in [-0.2, 0) is 9.53 Å². The molecule has 0 spiro atoms. The standard InChI is InChI=1S/C8H9NO2S/c1-2-5-11-8(10)7-4-3-6-12-9-7/h2-4,6,9H,1,5H2. The molecule has 12 heavy (non-hydrogen) atoms. The van der Waals surface area contributed by atoms with Gasteiger partial charge in [-0.05, 0) is 23.4 Å². The van der Waals surface area contributed by atoms with Crippen LogP contribution in [0, 0.1) is 0 Å². The van der Waals surface area contributed by atoms with Crippen molar-refractivity contribution in [1.29, 1.82) is 0 Å². The quantitative estimate of drug-likeness (QED) is 0.407. The predicted octanol–water partition coefficient (Wildman–Crippen LogP) is 1.36. The van der Waals surface area contributed by atoms with Crippen molar-refractivity contribution in [2.24, 2.45) is 0 Å². The third-order valence-corrected chi connectivity index (χ3v) is 1.76. The van der Waals surface area contributed by atoms with Gasteiger partial charge in [-0.3, -0.25) is 0 Å². The van der Waals surface area contributed by atoms with Crippen molar-refractivity contribution in [3.63, 3.8) is 0 Å². The molecule has 1 aliphatic rings. The molecule has 0 fully saturated rings. The summed E-state index contributed by atoms with van der Waals surface area (Å²) < 4.78 is 7.61. The van der Waals surface area contributed by atoms with Crippen molar-refractivity contribution in [2.75, 3.05) is 6.61 Å². The van der Waals surface area contributed by atoms with Crippen LogP contribution in [0.5, 0.6) is 0 Å². The highest BCUT2D eigenvalue weighted by Crippen LogP contribution is 2.09. The fourth-order valence-corrected chi connectivity index (χ4v) is 1.13. The fourth-order valence-electron chi connectivity index (χ4n) is 0.628. The first-order chi connectivity index (χ1) is 5.84. The molecule has 1 aliphatic heterocycles. The Hall–Kier alpha value is -1.16. The number of hydrogen-bond acceptors (Lipinski definition) is 4. The van der Waals surface area contributed by atoms with Gasteiger partial charge < -0.3 is 9.46 Å². The maximum atomic E-state index is 11.1. The Morgan fingerprint density at radius 1 is 1.83 bits per heavy atom. The van der Waals surface area contributed by atoms with Crippen molar-refractivity contribution in [1.82, 2.24) is 4.72 Å². The zero-order chi connectivity index (χ0) is 8.81. The van der Waals surface area contributed by atoms with Crippen molar-refractivity contribution in [2.45, 2.75) is 0 Å². The van der Waals surface area contributed by atoms with Gasteiger partial charge in [0.15, 0.2) is 0 Å². The van der Waals surface area contributed by atoms with Gasteiger partial charge in [0, 0.05) is 0 Å². The molecular weight excluding hydrogens is 174 g/mol. The molecule has 0 saturated heterocycles. The van der Waals surface area contributed by atoms with Crippen molar-refractivity contribution < 1.29 is 9.53 Å². The molecule has 4 heteroatoms. The van der Waals surface area contributed by atoms with E-state index in [1.165, 1.54) is 18.0 Å². The lowest BCUT2D eigenvalue weighted by Crippen LogP contribution is -2.17. The second-order valence-electron chi connectivity index (χ2n) is 2.02. The summed E-state index contributed by atoms with van der Waals surface area (Å²) in [7, 11) is 0. The normalized spacial score (nSPS) is 14.5. The topological polar surface area (TPSA) is 38.3 Å². The summed E-state index contributed by atoms with van der Waals surface area (Å²) in [5.41, 5.74) is 0.462. The minimum Gasteiger partial charge on any atom is -0.457 e. The van der Waals surface area contributed by atoms with Gasteiger partial charge in [0.2, 0.25) is 0 Å². The van der Waals surface area contributed by atoms with Crippen LogP contribution in [0.2, 0.25) is 0 Å². The van der Waals surface area contributed by atoms with Crippen LogP contribution >= 0.6 is 11.9 Å². The first kappa shape index (κ1) is 8.93. The first-order valence-corrected chi connectivity index (χ1v) is 4.29. The third-order valence-electron chi connectivity index (χ3n) is 1.13. The van der Waals surface area contributed by atoms with E-state index in [0.29, 0.717) is 5.70 Å². The van der Waals surface area contributed by atoms with Gasteiger partial charge in [-0.2, -0.15) is 0 Å². The molecule has 0 unspecified atom stereocenters. The number of carbonyl (C=O) groups is 1. The molecule has 1 rings (SSSR count). The van der Waals surface area contributed by atoms with Gasteiger partial charge in [0.25, 0.3) is 0 Å². The van der Waals surface area contributed by atoms with E-state index in [1.807, 2.05) is 5.41 Å². The zero-order valence-electron chi connectivity index (χ0n) is 6.45. The average molecular weight is 183 g/mol. The van der Waals surface area contributed by atoms with E-state index in [4.69, 9.17) is 4.74 Å². The summed E-state index contributed by atoms with van der Waals surface area (Å²) >= 11 is 1.34. The summed E-state index contributed by atoms with van der Waals surface area (Å²) in [6, 6.07) is 0. The molecule has 0 aromatic rings. The van der Waals surface area contributed by atoms with E-state index >= 15 is 0 Å². The molecule has 0 aromatic carbocycles. The molecule has 0 amide bonds. The monoisotopic (exact) mass is 183 g/mol. The third kappa shape index (κ3) is 2.47. The van der Waals surface area contributed by atoms with E-state index < -0.39 is 0 Å². The van der Waals surface area contributed by atoms with E-state index in [1.54, 1.807) is 12.2 Å². The maximum absolute atomic E-state index is 11.1. The summed E-state index contributed by atoms with van der Waals surface area (Å²) in [6.07, 6.45) is 4.98. The Balaban J connectivity index is 2.45. The lowest BCUT2D eigenvalue weighted by atomic mass is 10.4. The van der Waals surface area contributed by atoms with Crippen molar-refractivity contribution in [3.8, 4) is 0 Å². The summed E-state index contributed by atoms with van der Waals surface area (Å²) in [5.74, 6) is -0.355. The molecule has 0 saturated carbocycles. The van der Waals surface area contributed by atoms with Crippen LogP contribution < -0.4 is 4.72 Å². The number of allylic oxidation sites excluding steroid dienone is 2. The molecule has 0 radical (unpaired) electrons. The molecule has 64 valence electrons. The molecule has 1 heterocycles. The van der Waals surface area contributed by atoms with Gasteiger partial charge in [-0.15, -0.1) is 0 Å².